The summed E-state index contributed by atoms with van der Waals surface area (Å²) in [4.78, 5) is 27.4. The number of methoxy groups -OCH3 is 2. The van der Waals surface area contributed by atoms with E-state index in [-0.39, 0.29) is 24.5 Å². The molecule has 1 saturated heterocycles. The molecule has 0 aromatic heterocycles. The van der Waals surface area contributed by atoms with Gasteiger partial charge in [-0.25, -0.2) is 0 Å². The lowest BCUT2D eigenvalue weighted by molar-refractivity contribution is -0.140. The Balaban J connectivity index is 1.64. The molecule has 1 amide bonds. The summed E-state index contributed by atoms with van der Waals surface area (Å²) in [5.74, 6) is -0.370. The van der Waals surface area contributed by atoms with Crippen LogP contribution in [0.15, 0.2) is 78.4 Å². The van der Waals surface area contributed by atoms with Gasteiger partial charge in [0.05, 0.1) is 25.3 Å². The van der Waals surface area contributed by atoms with Crippen LogP contribution in [0.25, 0.3) is 5.76 Å². The van der Waals surface area contributed by atoms with Crippen molar-refractivity contribution in [3.05, 3.63) is 101 Å². The summed E-state index contributed by atoms with van der Waals surface area (Å²) in [6.07, 6.45) is 0. The summed E-state index contributed by atoms with van der Waals surface area (Å²) in [5, 5.41) is 11.2. The number of aryl methyl sites for hydroxylation is 1. The highest BCUT2D eigenvalue weighted by molar-refractivity contribution is 6.46. The van der Waals surface area contributed by atoms with Crippen molar-refractivity contribution in [2.45, 2.75) is 19.6 Å². The molecule has 0 radical (unpaired) electrons. The van der Waals surface area contributed by atoms with Crippen LogP contribution in [0.2, 0.25) is 0 Å². The highest BCUT2D eigenvalue weighted by atomic mass is 16.5. The molecule has 7 nitrogen and oxygen atoms in total. The van der Waals surface area contributed by atoms with E-state index in [1.807, 2.05) is 25.1 Å². The predicted octanol–water partition coefficient (Wildman–Crippen LogP) is 4.65. The van der Waals surface area contributed by atoms with Crippen LogP contribution >= 0.6 is 0 Å². The van der Waals surface area contributed by atoms with Crippen LogP contribution in [0.4, 0.5) is 0 Å². The molecule has 4 rings (SSSR count). The Bertz CT molecular complexity index is 1260. The van der Waals surface area contributed by atoms with Crippen LogP contribution in [-0.4, -0.2) is 49.1 Å². The lowest BCUT2D eigenvalue weighted by Crippen LogP contribution is -2.32. The van der Waals surface area contributed by atoms with Gasteiger partial charge in [-0.2, -0.15) is 0 Å². The minimum absolute atomic E-state index is 0.0368. The Hall–Kier alpha value is -4.10. The molecule has 0 saturated carbocycles. The van der Waals surface area contributed by atoms with Gasteiger partial charge >= 0.3 is 0 Å². The molecule has 1 atom stereocenters. The van der Waals surface area contributed by atoms with Crippen molar-refractivity contribution in [1.29, 1.82) is 0 Å². The summed E-state index contributed by atoms with van der Waals surface area (Å²) < 4.78 is 16.2. The number of aliphatic hydroxyl groups is 1. The maximum absolute atomic E-state index is 13.1. The van der Waals surface area contributed by atoms with Crippen molar-refractivity contribution in [1.82, 2.24) is 4.90 Å². The van der Waals surface area contributed by atoms with E-state index in [4.69, 9.17) is 14.2 Å². The summed E-state index contributed by atoms with van der Waals surface area (Å²) in [6, 6.07) is 21.2. The zero-order valence-electron chi connectivity index (χ0n) is 20.6. The van der Waals surface area contributed by atoms with Gasteiger partial charge in [-0.1, -0.05) is 42.0 Å². The number of hydrogen-bond acceptors (Lipinski definition) is 6. The van der Waals surface area contributed by atoms with E-state index in [1.54, 1.807) is 55.6 Å². The normalized spacial score (nSPS) is 16.9. The molecule has 1 N–H and O–H groups in total. The Kier molecular flexibility index (Phi) is 7.71. The highest BCUT2D eigenvalue weighted by Crippen LogP contribution is 2.39. The van der Waals surface area contributed by atoms with Crippen molar-refractivity contribution >= 4 is 17.4 Å². The monoisotopic (exact) mass is 487 g/mol. The zero-order chi connectivity index (χ0) is 25.7. The second kappa shape index (κ2) is 11.1. The molecule has 36 heavy (non-hydrogen) atoms. The first-order chi connectivity index (χ1) is 17.4. The van der Waals surface area contributed by atoms with E-state index in [9.17, 15) is 14.7 Å². The molecule has 1 heterocycles. The van der Waals surface area contributed by atoms with Gasteiger partial charge in [-0.15, -0.1) is 0 Å². The molecule has 1 aliphatic heterocycles. The second-order valence-corrected chi connectivity index (χ2v) is 8.56. The smallest absolute Gasteiger partial charge is 0.295 e. The minimum Gasteiger partial charge on any atom is -0.507 e. The summed E-state index contributed by atoms with van der Waals surface area (Å²) >= 11 is 0. The number of amides is 1. The van der Waals surface area contributed by atoms with Crippen molar-refractivity contribution in [3.8, 4) is 11.5 Å². The maximum atomic E-state index is 13.1. The number of benzene rings is 3. The summed E-state index contributed by atoms with van der Waals surface area (Å²) in [7, 11) is 3.09. The van der Waals surface area contributed by atoms with Crippen LogP contribution in [0.3, 0.4) is 0 Å². The van der Waals surface area contributed by atoms with Crippen molar-refractivity contribution < 1.29 is 28.9 Å². The summed E-state index contributed by atoms with van der Waals surface area (Å²) in [5.41, 5.74) is 3.35. The molecular weight excluding hydrogens is 458 g/mol. The van der Waals surface area contributed by atoms with E-state index < -0.39 is 17.7 Å². The molecule has 1 aliphatic rings. The highest BCUT2D eigenvalue weighted by Gasteiger charge is 2.45. The fourth-order valence-electron chi connectivity index (χ4n) is 4.27. The number of hydrogen-bond donors (Lipinski definition) is 1. The standard InChI is InChI=1S/C29H29NO6/c1-19-5-4-6-20(17-19)18-36-24-13-9-22(10-14-24)27(31)25-26(21-7-11-23(35-3)12-8-21)30(15-16-34-2)29(33)28(25)32/h4-14,17,26,31H,15-16,18H2,1-3H3/b27-25+. The lowest BCUT2D eigenvalue weighted by Gasteiger charge is -2.25. The van der Waals surface area contributed by atoms with Crippen LogP contribution in [0.5, 0.6) is 11.5 Å². The van der Waals surface area contributed by atoms with Gasteiger partial charge in [-0.05, 0) is 54.4 Å². The fraction of sp³-hybridized carbons (Fsp3) is 0.241. The van der Waals surface area contributed by atoms with E-state index in [2.05, 4.69) is 6.07 Å². The molecule has 3 aromatic carbocycles. The van der Waals surface area contributed by atoms with Crippen LogP contribution < -0.4 is 9.47 Å². The Morgan fingerprint density at radius 1 is 0.944 bits per heavy atom. The molecule has 1 fully saturated rings. The Morgan fingerprint density at radius 2 is 1.64 bits per heavy atom. The zero-order valence-corrected chi connectivity index (χ0v) is 20.6. The largest absolute Gasteiger partial charge is 0.507 e. The molecule has 186 valence electrons. The van der Waals surface area contributed by atoms with Gasteiger partial charge in [-0.3, -0.25) is 9.59 Å². The number of likely N-dealkylation sites (tertiary alicyclic amines) is 1. The number of aliphatic hydroxyl groups excluding tert-OH is 1. The Morgan fingerprint density at radius 3 is 2.28 bits per heavy atom. The number of Topliss-reactive ketones (excluding diaryl/α,β-unsaturated/α-hetero) is 1. The number of nitrogens with zero attached hydrogens (tertiary/aromatic N) is 1. The third-order valence-corrected chi connectivity index (χ3v) is 6.12. The molecular formula is C29H29NO6. The van der Waals surface area contributed by atoms with Gasteiger partial charge in [0.1, 0.15) is 23.9 Å². The lowest BCUT2D eigenvalue weighted by atomic mass is 9.95. The third kappa shape index (κ3) is 5.26. The number of carbonyl (C=O) groups is 2. The fourth-order valence-corrected chi connectivity index (χ4v) is 4.27. The average molecular weight is 488 g/mol. The second-order valence-electron chi connectivity index (χ2n) is 8.56. The van der Waals surface area contributed by atoms with Crippen LogP contribution in [0, 0.1) is 6.92 Å². The first-order valence-corrected chi connectivity index (χ1v) is 11.6. The topological polar surface area (TPSA) is 85.3 Å². The predicted molar refractivity (Wildman–Crippen MR) is 136 cm³/mol. The molecule has 0 aliphatic carbocycles. The van der Waals surface area contributed by atoms with Crippen molar-refractivity contribution in [2.24, 2.45) is 0 Å². The summed E-state index contributed by atoms with van der Waals surface area (Å²) in [6.45, 7) is 2.90. The van der Waals surface area contributed by atoms with E-state index in [0.29, 0.717) is 29.2 Å². The molecule has 0 bridgehead atoms. The Labute approximate surface area is 210 Å². The molecule has 0 spiro atoms. The van der Waals surface area contributed by atoms with E-state index in [1.165, 1.54) is 12.0 Å². The molecule has 7 heteroatoms. The minimum atomic E-state index is -0.747. The van der Waals surface area contributed by atoms with Gasteiger partial charge in [0, 0.05) is 19.2 Å². The van der Waals surface area contributed by atoms with Gasteiger partial charge in [0.15, 0.2) is 0 Å². The quantitative estimate of drug-likeness (QED) is 0.269. The first kappa shape index (κ1) is 25.0. The van der Waals surface area contributed by atoms with Gasteiger partial charge in [0.2, 0.25) is 0 Å². The SMILES string of the molecule is COCCN1C(=O)C(=O)/C(=C(/O)c2ccc(OCc3cccc(C)c3)cc2)C1c1ccc(OC)cc1. The van der Waals surface area contributed by atoms with Gasteiger partial charge in [0.25, 0.3) is 11.7 Å². The van der Waals surface area contributed by atoms with E-state index in [0.717, 1.165) is 11.1 Å². The van der Waals surface area contributed by atoms with Crippen molar-refractivity contribution in [2.75, 3.05) is 27.4 Å². The third-order valence-electron chi connectivity index (χ3n) is 6.12. The number of carbonyl (C=O) groups excluding carboxylic acids is 2. The van der Waals surface area contributed by atoms with Crippen molar-refractivity contribution in [3.63, 3.8) is 0 Å². The maximum Gasteiger partial charge on any atom is 0.295 e. The number of ketones is 1. The van der Waals surface area contributed by atoms with E-state index >= 15 is 0 Å². The average Bonchev–Trinajstić information content (AvgIpc) is 3.15. The number of ether oxygens (including phenoxy) is 3. The number of rotatable bonds is 9. The molecule has 3 aromatic rings. The van der Waals surface area contributed by atoms with Crippen LogP contribution in [0.1, 0.15) is 28.3 Å². The first-order valence-electron chi connectivity index (χ1n) is 11.6. The van der Waals surface area contributed by atoms with Crippen LogP contribution in [-0.2, 0) is 20.9 Å². The van der Waals surface area contributed by atoms with Gasteiger partial charge < -0.3 is 24.2 Å². The molecule has 1 unspecified atom stereocenters.